The number of aryl methyl sites for hydroxylation is 1. The average Bonchev–Trinajstić information content (AvgIpc) is 3.04. The van der Waals surface area contributed by atoms with Crippen LogP contribution < -0.4 is 0 Å². The van der Waals surface area contributed by atoms with Gasteiger partial charge in [0.1, 0.15) is 5.37 Å². The second kappa shape index (κ2) is 6.21. The average molecular weight is 358 g/mol. The molecule has 21 heavy (non-hydrogen) atoms. The Balaban J connectivity index is 1.89. The summed E-state index contributed by atoms with van der Waals surface area (Å²) in [5, 5.41) is 1.07. The van der Waals surface area contributed by atoms with Crippen molar-refractivity contribution >= 4 is 52.2 Å². The molecule has 0 bridgehead atoms. The molecule has 1 atom stereocenters. The van der Waals surface area contributed by atoms with Crippen molar-refractivity contribution in [3.63, 3.8) is 0 Å². The highest BCUT2D eigenvalue weighted by Crippen LogP contribution is 2.41. The van der Waals surface area contributed by atoms with E-state index in [-0.39, 0.29) is 11.3 Å². The fourth-order valence-corrected chi connectivity index (χ4v) is 5.24. The Morgan fingerprint density at radius 3 is 2.57 bits per heavy atom. The Morgan fingerprint density at radius 2 is 1.95 bits per heavy atom. The third kappa shape index (κ3) is 3.24. The van der Waals surface area contributed by atoms with E-state index in [2.05, 4.69) is 19.1 Å². The summed E-state index contributed by atoms with van der Waals surface area (Å²) in [7, 11) is 0. The number of hydrogen-bond donors (Lipinski definition) is 0. The van der Waals surface area contributed by atoms with E-state index in [1.807, 2.05) is 4.90 Å². The Bertz CT molecular complexity index is 666. The third-order valence-corrected chi connectivity index (χ3v) is 6.15. The number of thioether (sulfide) groups is 1. The van der Waals surface area contributed by atoms with Crippen LogP contribution in [0.5, 0.6) is 0 Å². The molecule has 1 aromatic carbocycles. The molecule has 110 valence electrons. The largest absolute Gasteiger partial charge is 0.321 e. The molecule has 1 aliphatic rings. The summed E-state index contributed by atoms with van der Waals surface area (Å²) in [5.41, 5.74) is 0.549. The van der Waals surface area contributed by atoms with Gasteiger partial charge < -0.3 is 4.90 Å². The van der Waals surface area contributed by atoms with E-state index in [0.29, 0.717) is 15.6 Å². The van der Waals surface area contributed by atoms with Crippen LogP contribution in [-0.2, 0) is 0 Å². The number of hydrogen-bond acceptors (Lipinski definition) is 3. The third-order valence-electron chi connectivity index (χ3n) is 3.27. The van der Waals surface area contributed by atoms with E-state index in [0.717, 1.165) is 12.3 Å². The van der Waals surface area contributed by atoms with E-state index in [1.54, 1.807) is 41.3 Å². The highest BCUT2D eigenvalue weighted by atomic mass is 35.5. The molecule has 0 spiro atoms. The van der Waals surface area contributed by atoms with Gasteiger partial charge in [-0.3, -0.25) is 4.79 Å². The van der Waals surface area contributed by atoms with Gasteiger partial charge in [-0.25, -0.2) is 0 Å². The summed E-state index contributed by atoms with van der Waals surface area (Å²) in [6.07, 6.45) is 0. The van der Waals surface area contributed by atoms with Crippen molar-refractivity contribution in [3.8, 4) is 0 Å². The van der Waals surface area contributed by atoms with Crippen LogP contribution in [0, 0.1) is 6.92 Å². The molecule has 1 aliphatic heterocycles. The minimum atomic E-state index is -0.0135. The van der Waals surface area contributed by atoms with Gasteiger partial charge in [-0.15, -0.1) is 23.1 Å². The summed E-state index contributed by atoms with van der Waals surface area (Å²) in [6, 6.07) is 9.19. The zero-order valence-corrected chi connectivity index (χ0v) is 14.5. The molecule has 0 N–H and O–H groups in total. The minimum absolute atomic E-state index is 0.0135. The molecule has 1 amide bonds. The predicted octanol–water partition coefficient (Wildman–Crippen LogP) is 5.25. The van der Waals surface area contributed by atoms with Crippen molar-refractivity contribution in [2.45, 2.75) is 12.3 Å². The number of amides is 1. The van der Waals surface area contributed by atoms with Crippen LogP contribution in [0.15, 0.2) is 30.3 Å². The van der Waals surface area contributed by atoms with Crippen LogP contribution in [-0.4, -0.2) is 23.1 Å². The lowest BCUT2D eigenvalue weighted by atomic mass is 10.2. The Morgan fingerprint density at radius 1 is 1.24 bits per heavy atom. The summed E-state index contributed by atoms with van der Waals surface area (Å²) in [5.74, 6) is 0.933. The molecule has 0 unspecified atom stereocenters. The van der Waals surface area contributed by atoms with Gasteiger partial charge in [0.15, 0.2) is 0 Å². The number of rotatable bonds is 2. The number of halogens is 2. The van der Waals surface area contributed by atoms with Gasteiger partial charge in [0.25, 0.3) is 5.91 Å². The number of carbonyl (C=O) groups is 1. The van der Waals surface area contributed by atoms with Gasteiger partial charge in [0.05, 0.1) is 0 Å². The molecule has 1 aromatic heterocycles. The Labute approximate surface area is 142 Å². The first kappa shape index (κ1) is 15.2. The topological polar surface area (TPSA) is 20.3 Å². The molecule has 2 aromatic rings. The lowest BCUT2D eigenvalue weighted by Crippen LogP contribution is -2.30. The summed E-state index contributed by atoms with van der Waals surface area (Å²) >= 11 is 15.5. The van der Waals surface area contributed by atoms with Crippen LogP contribution in [0.4, 0.5) is 0 Å². The second-order valence-electron chi connectivity index (χ2n) is 4.83. The standard InChI is InChI=1S/C15H13Cl2NOS2/c1-9-2-3-13(21-9)15-18(4-5-20-15)14(19)10-6-11(16)8-12(17)7-10/h2-3,6-8,15H,4-5H2,1H3/t15-/m1/s1. The zero-order valence-electron chi connectivity index (χ0n) is 11.3. The zero-order chi connectivity index (χ0) is 15.0. The smallest absolute Gasteiger partial charge is 0.255 e. The van der Waals surface area contributed by atoms with Crippen LogP contribution in [0.1, 0.15) is 25.5 Å². The maximum absolute atomic E-state index is 12.7. The highest BCUT2D eigenvalue weighted by molar-refractivity contribution is 7.99. The molecule has 3 rings (SSSR count). The molecule has 6 heteroatoms. The van der Waals surface area contributed by atoms with Crippen LogP contribution in [0.25, 0.3) is 0 Å². The number of nitrogens with zero attached hydrogens (tertiary/aromatic N) is 1. The fourth-order valence-electron chi connectivity index (χ4n) is 2.34. The molecular weight excluding hydrogens is 345 g/mol. The van der Waals surface area contributed by atoms with Gasteiger partial charge in [0, 0.05) is 37.7 Å². The number of carbonyl (C=O) groups excluding carboxylic acids is 1. The van der Waals surface area contributed by atoms with Crippen molar-refractivity contribution in [3.05, 3.63) is 55.7 Å². The van der Waals surface area contributed by atoms with Crippen molar-refractivity contribution < 1.29 is 4.79 Å². The normalized spacial score (nSPS) is 18.2. The van der Waals surface area contributed by atoms with E-state index < -0.39 is 0 Å². The van der Waals surface area contributed by atoms with Gasteiger partial charge >= 0.3 is 0 Å². The molecule has 0 radical (unpaired) electrons. The first-order chi connectivity index (χ1) is 10.0. The number of benzene rings is 1. The lowest BCUT2D eigenvalue weighted by Gasteiger charge is -2.23. The van der Waals surface area contributed by atoms with Gasteiger partial charge in [-0.05, 0) is 37.3 Å². The molecule has 0 saturated carbocycles. The lowest BCUT2D eigenvalue weighted by molar-refractivity contribution is 0.0762. The van der Waals surface area contributed by atoms with E-state index >= 15 is 0 Å². The second-order valence-corrected chi connectivity index (χ2v) is 8.21. The monoisotopic (exact) mass is 357 g/mol. The number of thiophene rings is 1. The fraction of sp³-hybridized carbons (Fsp3) is 0.267. The minimum Gasteiger partial charge on any atom is -0.321 e. The van der Waals surface area contributed by atoms with Gasteiger partial charge in [-0.1, -0.05) is 23.2 Å². The van der Waals surface area contributed by atoms with Crippen LogP contribution in [0.2, 0.25) is 10.0 Å². The first-order valence-electron chi connectivity index (χ1n) is 6.49. The first-order valence-corrected chi connectivity index (χ1v) is 9.12. The van der Waals surface area contributed by atoms with Crippen molar-refractivity contribution in [2.24, 2.45) is 0 Å². The predicted molar refractivity (Wildman–Crippen MR) is 91.8 cm³/mol. The summed E-state index contributed by atoms with van der Waals surface area (Å²) in [4.78, 5) is 17.1. The van der Waals surface area contributed by atoms with E-state index in [4.69, 9.17) is 23.2 Å². The quantitative estimate of drug-likeness (QED) is 0.731. The maximum atomic E-state index is 12.7. The maximum Gasteiger partial charge on any atom is 0.255 e. The summed E-state index contributed by atoms with van der Waals surface area (Å²) < 4.78 is 0. The molecule has 1 saturated heterocycles. The highest BCUT2D eigenvalue weighted by Gasteiger charge is 2.32. The molecule has 0 aliphatic carbocycles. The Hall–Kier alpha value is -0.680. The molecule has 1 fully saturated rings. The molecule has 2 nitrogen and oxygen atoms in total. The van der Waals surface area contributed by atoms with Gasteiger partial charge in [-0.2, -0.15) is 0 Å². The van der Waals surface area contributed by atoms with Crippen molar-refractivity contribution in [1.29, 1.82) is 0 Å². The Kier molecular flexibility index (Phi) is 4.50. The summed E-state index contributed by atoms with van der Waals surface area (Å²) in [6.45, 7) is 2.83. The van der Waals surface area contributed by atoms with Crippen LogP contribution >= 0.6 is 46.3 Å². The van der Waals surface area contributed by atoms with Crippen LogP contribution in [0.3, 0.4) is 0 Å². The van der Waals surface area contributed by atoms with Crippen molar-refractivity contribution in [1.82, 2.24) is 4.90 Å². The molecular formula is C15H13Cl2NOS2. The SMILES string of the molecule is Cc1ccc([C@H]2SCCN2C(=O)c2cc(Cl)cc(Cl)c2)s1. The van der Waals surface area contributed by atoms with Crippen molar-refractivity contribution in [2.75, 3.05) is 12.3 Å². The molecule has 2 heterocycles. The van der Waals surface area contributed by atoms with Gasteiger partial charge in [0.2, 0.25) is 0 Å². The van der Waals surface area contributed by atoms with E-state index in [9.17, 15) is 4.79 Å². The van der Waals surface area contributed by atoms with E-state index in [1.165, 1.54) is 9.75 Å².